The summed E-state index contributed by atoms with van der Waals surface area (Å²) in [5.74, 6) is 0.225. The summed E-state index contributed by atoms with van der Waals surface area (Å²) in [4.78, 5) is 0. The summed E-state index contributed by atoms with van der Waals surface area (Å²) in [6.45, 7) is 2.34. The van der Waals surface area contributed by atoms with Gasteiger partial charge in [0.2, 0.25) is 0 Å². The summed E-state index contributed by atoms with van der Waals surface area (Å²) < 4.78 is 20.5. The predicted octanol–water partition coefficient (Wildman–Crippen LogP) is 3.81. The van der Waals surface area contributed by atoms with Crippen LogP contribution in [0.4, 0.5) is 4.39 Å². The minimum absolute atomic E-state index is 0.0903. The van der Waals surface area contributed by atoms with Crippen LogP contribution in [0.1, 0.15) is 22.3 Å². The van der Waals surface area contributed by atoms with Crippen molar-refractivity contribution in [3.63, 3.8) is 0 Å². The van der Waals surface area contributed by atoms with Gasteiger partial charge in [0.25, 0.3) is 0 Å². The van der Waals surface area contributed by atoms with Crippen LogP contribution in [0.2, 0.25) is 0 Å². The molecule has 2 aromatic rings. The molecule has 108 valence electrons. The monoisotopic (exact) mass is 348 g/mol. The topological polar surface area (TPSA) is 59.0 Å². The quantitative estimate of drug-likeness (QED) is 0.913. The zero-order valence-corrected chi connectivity index (χ0v) is 13.1. The van der Waals surface area contributed by atoms with E-state index in [0.29, 0.717) is 23.4 Å². The van der Waals surface area contributed by atoms with E-state index in [2.05, 4.69) is 15.9 Å². The summed E-state index contributed by atoms with van der Waals surface area (Å²) >= 11 is 3.41. The molecule has 0 saturated carbocycles. The molecule has 2 aromatic carbocycles. The number of nitrogens with zero attached hydrogens (tertiary/aromatic N) is 1. The van der Waals surface area contributed by atoms with Gasteiger partial charge in [-0.1, -0.05) is 22.0 Å². The lowest BCUT2D eigenvalue weighted by Crippen LogP contribution is -2.05. The van der Waals surface area contributed by atoms with Crippen LogP contribution in [0, 0.1) is 24.1 Å². The van der Waals surface area contributed by atoms with Crippen molar-refractivity contribution in [3.05, 3.63) is 62.9 Å². The summed E-state index contributed by atoms with van der Waals surface area (Å²) in [7, 11) is 0. The van der Waals surface area contributed by atoms with Crippen LogP contribution in [0.5, 0.6) is 5.75 Å². The van der Waals surface area contributed by atoms with Crippen LogP contribution < -0.4 is 10.5 Å². The third kappa shape index (κ3) is 3.60. The Hall–Kier alpha value is -1.90. The standard InChI is InChI=1S/C16H14BrFN2O/c1-10-4-14(17)6-13(8-20)16(10)21-9-12-3-2-11(7-19)5-15(12)18/h2-6H,8-9,20H2,1H3. The Kier molecular flexibility index (Phi) is 4.94. The molecule has 0 bridgehead atoms. The first kappa shape index (κ1) is 15.5. The van der Waals surface area contributed by atoms with Gasteiger partial charge in [-0.15, -0.1) is 0 Å². The fraction of sp³-hybridized carbons (Fsp3) is 0.188. The average Bonchev–Trinajstić information content (AvgIpc) is 2.46. The zero-order valence-electron chi connectivity index (χ0n) is 11.5. The Morgan fingerprint density at radius 1 is 1.29 bits per heavy atom. The number of rotatable bonds is 4. The maximum Gasteiger partial charge on any atom is 0.131 e. The molecule has 0 spiro atoms. The number of nitriles is 1. The SMILES string of the molecule is Cc1cc(Br)cc(CN)c1OCc1ccc(C#N)cc1F. The highest BCUT2D eigenvalue weighted by Crippen LogP contribution is 2.28. The highest BCUT2D eigenvalue weighted by atomic mass is 79.9. The van der Waals surface area contributed by atoms with E-state index in [4.69, 9.17) is 15.7 Å². The van der Waals surface area contributed by atoms with E-state index in [0.717, 1.165) is 15.6 Å². The minimum Gasteiger partial charge on any atom is -0.488 e. The minimum atomic E-state index is -0.446. The maximum atomic E-state index is 13.8. The third-order valence-corrected chi connectivity index (χ3v) is 3.55. The van der Waals surface area contributed by atoms with Crippen molar-refractivity contribution in [2.45, 2.75) is 20.1 Å². The predicted molar refractivity (Wildman–Crippen MR) is 82.2 cm³/mol. The maximum absolute atomic E-state index is 13.8. The van der Waals surface area contributed by atoms with Crippen LogP contribution >= 0.6 is 15.9 Å². The van der Waals surface area contributed by atoms with E-state index in [9.17, 15) is 4.39 Å². The molecule has 3 nitrogen and oxygen atoms in total. The largest absolute Gasteiger partial charge is 0.488 e. The highest BCUT2D eigenvalue weighted by molar-refractivity contribution is 9.10. The number of benzene rings is 2. The molecule has 21 heavy (non-hydrogen) atoms. The van der Waals surface area contributed by atoms with Gasteiger partial charge in [0.15, 0.2) is 0 Å². The van der Waals surface area contributed by atoms with Crippen molar-refractivity contribution < 1.29 is 9.13 Å². The second-order valence-electron chi connectivity index (χ2n) is 4.62. The van der Waals surface area contributed by atoms with Gasteiger partial charge in [-0.3, -0.25) is 0 Å². The van der Waals surface area contributed by atoms with Gasteiger partial charge >= 0.3 is 0 Å². The van der Waals surface area contributed by atoms with Crippen LogP contribution in [0.25, 0.3) is 0 Å². The molecule has 0 atom stereocenters. The summed E-state index contributed by atoms with van der Waals surface area (Å²) in [6.07, 6.45) is 0. The molecule has 0 unspecified atom stereocenters. The Labute approximate surface area is 131 Å². The summed E-state index contributed by atoms with van der Waals surface area (Å²) in [6, 6.07) is 10.0. The first-order chi connectivity index (χ1) is 10.0. The van der Waals surface area contributed by atoms with E-state index in [1.54, 1.807) is 12.1 Å². The molecule has 0 fully saturated rings. The van der Waals surface area contributed by atoms with E-state index < -0.39 is 5.82 Å². The molecule has 5 heteroatoms. The van der Waals surface area contributed by atoms with Gasteiger partial charge in [0.05, 0.1) is 11.6 Å². The van der Waals surface area contributed by atoms with E-state index in [1.807, 2.05) is 25.1 Å². The van der Waals surface area contributed by atoms with Crippen molar-refractivity contribution in [1.29, 1.82) is 5.26 Å². The smallest absolute Gasteiger partial charge is 0.131 e. The number of hydrogen-bond donors (Lipinski definition) is 1. The molecular weight excluding hydrogens is 335 g/mol. The Bertz CT molecular complexity index is 710. The summed E-state index contributed by atoms with van der Waals surface area (Å²) in [5.41, 5.74) is 8.19. The Morgan fingerprint density at radius 3 is 2.67 bits per heavy atom. The van der Waals surface area contributed by atoms with Crippen LogP contribution in [-0.4, -0.2) is 0 Å². The molecule has 2 N–H and O–H groups in total. The van der Waals surface area contributed by atoms with Crippen molar-refractivity contribution >= 4 is 15.9 Å². The molecule has 0 aromatic heterocycles. The van der Waals surface area contributed by atoms with Crippen molar-refractivity contribution in [2.75, 3.05) is 0 Å². The molecule has 0 aliphatic carbocycles. The number of nitrogens with two attached hydrogens (primary N) is 1. The zero-order chi connectivity index (χ0) is 15.4. The first-order valence-electron chi connectivity index (χ1n) is 6.35. The molecule has 0 aliphatic rings. The van der Waals surface area contributed by atoms with E-state index in [-0.39, 0.29) is 6.61 Å². The second-order valence-corrected chi connectivity index (χ2v) is 5.54. The van der Waals surface area contributed by atoms with Crippen LogP contribution in [0.3, 0.4) is 0 Å². The summed E-state index contributed by atoms with van der Waals surface area (Å²) in [5, 5.41) is 8.73. The van der Waals surface area contributed by atoms with Gasteiger partial charge in [0.1, 0.15) is 18.2 Å². The lowest BCUT2D eigenvalue weighted by atomic mass is 10.1. The highest BCUT2D eigenvalue weighted by Gasteiger charge is 2.10. The number of halogens is 2. The molecule has 2 rings (SSSR count). The van der Waals surface area contributed by atoms with Crippen LogP contribution in [0.15, 0.2) is 34.8 Å². The van der Waals surface area contributed by atoms with Gasteiger partial charge in [-0.2, -0.15) is 5.26 Å². The van der Waals surface area contributed by atoms with Gasteiger partial charge in [-0.05, 0) is 36.8 Å². The first-order valence-corrected chi connectivity index (χ1v) is 7.15. The normalized spacial score (nSPS) is 10.2. The van der Waals surface area contributed by atoms with E-state index in [1.165, 1.54) is 6.07 Å². The Balaban J connectivity index is 2.23. The number of hydrogen-bond acceptors (Lipinski definition) is 3. The van der Waals surface area contributed by atoms with Gasteiger partial charge < -0.3 is 10.5 Å². The molecular formula is C16H14BrFN2O. The number of aryl methyl sites for hydroxylation is 1. The van der Waals surface area contributed by atoms with Crippen molar-refractivity contribution in [3.8, 4) is 11.8 Å². The Morgan fingerprint density at radius 2 is 2.05 bits per heavy atom. The van der Waals surface area contributed by atoms with Gasteiger partial charge in [0, 0.05) is 22.1 Å². The molecule has 0 radical (unpaired) electrons. The fourth-order valence-electron chi connectivity index (χ4n) is 2.04. The number of ether oxygens (including phenoxy) is 1. The van der Waals surface area contributed by atoms with Gasteiger partial charge in [-0.25, -0.2) is 4.39 Å². The average molecular weight is 349 g/mol. The van der Waals surface area contributed by atoms with Crippen molar-refractivity contribution in [2.24, 2.45) is 5.73 Å². The lowest BCUT2D eigenvalue weighted by Gasteiger charge is -2.14. The van der Waals surface area contributed by atoms with E-state index >= 15 is 0 Å². The second kappa shape index (κ2) is 6.70. The molecule has 0 aliphatic heterocycles. The fourth-order valence-corrected chi connectivity index (χ4v) is 2.66. The third-order valence-electron chi connectivity index (χ3n) is 3.09. The van der Waals surface area contributed by atoms with Crippen molar-refractivity contribution in [1.82, 2.24) is 0 Å². The molecule has 0 heterocycles. The molecule has 0 amide bonds. The molecule has 0 saturated heterocycles. The lowest BCUT2D eigenvalue weighted by molar-refractivity contribution is 0.294. The van der Waals surface area contributed by atoms with Crippen LogP contribution in [-0.2, 0) is 13.2 Å².